The van der Waals surface area contributed by atoms with Crippen molar-refractivity contribution in [3.8, 4) is 0 Å². The number of hydrogen-bond acceptors (Lipinski definition) is 3. The van der Waals surface area contributed by atoms with E-state index >= 15 is 0 Å². The number of nitrogens with zero attached hydrogens (tertiary/aromatic N) is 1. The molecule has 1 heterocycles. The number of hydrazine groups is 1. The highest BCUT2D eigenvalue weighted by Gasteiger charge is 2.39. The molecule has 2 amide bonds. The molecule has 0 radical (unpaired) electrons. The summed E-state index contributed by atoms with van der Waals surface area (Å²) in [5, 5.41) is 8.36. The maximum absolute atomic E-state index is 13.5. The lowest BCUT2D eigenvalue weighted by Gasteiger charge is -2.31. The van der Waals surface area contributed by atoms with Gasteiger partial charge in [0.2, 0.25) is 0 Å². The second-order valence-corrected chi connectivity index (χ2v) is 11.0. The first-order valence-corrected chi connectivity index (χ1v) is 14.1. The van der Waals surface area contributed by atoms with Crippen molar-refractivity contribution >= 4 is 11.7 Å². The fourth-order valence-corrected chi connectivity index (χ4v) is 6.31. The number of urea groups is 1. The van der Waals surface area contributed by atoms with Crippen LogP contribution in [0.4, 0.5) is 14.9 Å². The quantitative estimate of drug-likeness (QED) is 0.300. The molecule has 2 aliphatic carbocycles. The highest BCUT2D eigenvalue weighted by atomic mass is 19.1. The molecular weight excluding hydrogens is 499 g/mol. The van der Waals surface area contributed by atoms with Gasteiger partial charge in [-0.2, -0.15) is 0 Å². The van der Waals surface area contributed by atoms with Gasteiger partial charge in [-0.3, -0.25) is 5.01 Å². The number of allylic oxidation sites excluding steroid dienone is 4. The molecule has 1 unspecified atom stereocenters. The molecule has 0 aromatic heterocycles. The molecule has 0 bridgehead atoms. The summed E-state index contributed by atoms with van der Waals surface area (Å²) in [5.74, 6) is 0.384. The van der Waals surface area contributed by atoms with Gasteiger partial charge in [0.05, 0.1) is 17.4 Å². The van der Waals surface area contributed by atoms with Crippen LogP contribution in [0, 0.1) is 24.6 Å². The Kier molecular flexibility index (Phi) is 7.16. The molecule has 3 aliphatic rings. The van der Waals surface area contributed by atoms with Crippen LogP contribution in [0.5, 0.6) is 0 Å². The SMILES string of the molecule is Cc1ccc(CNC(=O)NC(C[C@H]2CCC3=C2[C@@H](C)C2=CNN(c4ccc(F)cc4)C2=C3)c2ccccc2)cc1. The van der Waals surface area contributed by atoms with E-state index in [0.29, 0.717) is 12.5 Å². The van der Waals surface area contributed by atoms with E-state index in [1.54, 1.807) is 12.1 Å². The van der Waals surface area contributed by atoms with Crippen LogP contribution in [0.25, 0.3) is 0 Å². The topological polar surface area (TPSA) is 56.4 Å². The summed E-state index contributed by atoms with van der Waals surface area (Å²) in [7, 11) is 0. The van der Waals surface area contributed by atoms with E-state index in [9.17, 15) is 9.18 Å². The van der Waals surface area contributed by atoms with Crippen LogP contribution in [0.1, 0.15) is 48.9 Å². The van der Waals surface area contributed by atoms with E-state index in [0.717, 1.165) is 41.8 Å². The second kappa shape index (κ2) is 11.0. The molecule has 0 saturated heterocycles. The minimum absolute atomic E-state index is 0.0972. The van der Waals surface area contributed by atoms with Gasteiger partial charge in [-0.25, -0.2) is 9.18 Å². The van der Waals surface area contributed by atoms with E-state index in [4.69, 9.17) is 0 Å². The van der Waals surface area contributed by atoms with Crippen molar-refractivity contribution in [1.82, 2.24) is 16.1 Å². The summed E-state index contributed by atoms with van der Waals surface area (Å²) in [4.78, 5) is 13.0. The van der Waals surface area contributed by atoms with E-state index in [1.165, 1.54) is 34.4 Å². The minimum atomic E-state index is -0.240. The van der Waals surface area contributed by atoms with Crippen LogP contribution in [0.3, 0.4) is 0 Å². The van der Waals surface area contributed by atoms with Crippen molar-refractivity contribution < 1.29 is 9.18 Å². The summed E-state index contributed by atoms with van der Waals surface area (Å²) < 4.78 is 13.5. The van der Waals surface area contributed by atoms with Crippen LogP contribution in [0.2, 0.25) is 0 Å². The molecule has 0 fully saturated rings. The first-order chi connectivity index (χ1) is 19.5. The third-order valence-corrected chi connectivity index (χ3v) is 8.39. The van der Waals surface area contributed by atoms with E-state index in [-0.39, 0.29) is 23.8 Å². The maximum Gasteiger partial charge on any atom is 0.315 e. The number of anilines is 1. The first kappa shape index (κ1) is 25.9. The predicted octanol–water partition coefficient (Wildman–Crippen LogP) is 7.21. The fourth-order valence-electron chi connectivity index (χ4n) is 6.31. The zero-order chi connectivity index (χ0) is 27.6. The number of hydrogen-bond donors (Lipinski definition) is 3. The highest BCUT2D eigenvalue weighted by Crippen LogP contribution is 2.49. The zero-order valence-electron chi connectivity index (χ0n) is 23.0. The maximum atomic E-state index is 13.5. The minimum Gasteiger partial charge on any atom is -0.334 e. The Morgan fingerprint density at radius 3 is 2.55 bits per heavy atom. The van der Waals surface area contributed by atoms with Crippen molar-refractivity contribution in [2.45, 2.75) is 45.7 Å². The van der Waals surface area contributed by atoms with Gasteiger partial charge >= 0.3 is 6.03 Å². The molecule has 204 valence electrons. The lowest BCUT2D eigenvalue weighted by atomic mass is 9.78. The van der Waals surface area contributed by atoms with Gasteiger partial charge in [0, 0.05) is 24.2 Å². The number of rotatable bonds is 7. The number of nitrogens with one attached hydrogen (secondary N) is 3. The summed E-state index contributed by atoms with van der Waals surface area (Å²) in [6.07, 6.45) is 7.29. The monoisotopic (exact) mass is 534 g/mol. The molecule has 6 rings (SSSR count). The average molecular weight is 535 g/mol. The normalized spacial score (nSPS) is 20.2. The van der Waals surface area contributed by atoms with Gasteiger partial charge in [0.25, 0.3) is 0 Å². The largest absolute Gasteiger partial charge is 0.334 e. The number of halogens is 1. The van der Waals surface area contributed by atoms with E-state index in [1.807, 2.05) is 35.3 Å². The molecule has 3 N–H and O–H groups in total. The second-order valence-electron chi connectivity index (χ2n) is 11.0. The lowest BCUT2D eigenvalue weighted by molar-refractivity contribution is 0.234. The number of fused-ring (bicyclic) bond motifs is 1. The van der Waals surface area contributed by atoms with Crippen LogP contribution < -0.4 is 21.1 Å². The van der Waals surface area contributed by atoms with E-state index < -0.39 is 0 Å². The lowest BCUT2D eigenvalue weighted by Crippen LogP contribution is -2.38. The van der Waals surface area contributed by atoms with Gasteiger partial charge in [-0.05, 0) is 79.1 Å². The third-order valence-electron chi connectivity index (χ3n) is 8.39. The van der Waals surface area contributed by atoms with Crippen LogP contribution in [-0.4, -0.2) is 6.03 Å². The Bertz CT molecular complexity index is 1470. The zero-order valence-corrected chi connectivity index (χ0v) is 23.0. The van der Waals surface area contributed by atoms with Gasteiger partial charge in [-0.15, -0.1) is 0 Å². The molecule has 3 atom stereocenters. The molecule has 3 aromatic rings. The van der Waals surface area contributed by atoms with Crippen LogP contribution in [0.15, 0.2) is 114 Å². The molecular formula is C34H35FN4O. The summed E-state index contributed by atoms with van der Waals surface area (Å²) in [6.45, 7) is 4.83. The summed E-state index contributed by atoms with van der Waals surface area (Å²) in [5.41, 5.74) is 12.9. The number of carbonyl (C=O) groups excluding carboxylic acids is 1. The molecule has 6 heteroatoms. The summed E-state index contributed by atoms with van der Waals surface area (Å²) in [6, 6.07) is 24.8. The van der Waals surface area contributed by atoms with Gasteiger partial charge in [-0.1, -0.05) is 72.7 Å². The molecule has 3 aromatic carbocycles. The molecule has 0 spiro atoms. The number of aryl methyl sites for hydroxylation is 1. The molecule has 40 heavy (non-hydrogen) atoms. The molecule has 5 nitrogen and oxygen atoms in total. The molecule has 1 aliphatic heterocycles. The Balaban J connectivity index is 1.20. The smallest absolute Gasteiger partial charge is 0.315 e. The van der Waals surface area contributed by atoms with Gasteiger partial charge in [0.1, 0.15) is 5.82 Å². The van der Waals surface area contributed by atoms with Gasteiger partial charge in [0.15, 0.2) is 0 Å². The van der Waals surface area contributed by atoms with Crippen LogP contribution in [-0.2, 0) is 6.54 Å². The summed E-state index contributed by atoms with van der Waals surface area (Å²) >= 11 is 0. The van der Waals surface area contributed by atoms with Gasteiger partial charge < -0.3 is 16.1 Å². The Hall–Kier alpha value is -4.32. The number of carbonyl (C=O) groups is 1. The molecule has 0 saturated carbocycles. The van der Waals surface area contributed by atoms with Crippen molar-refractivity contribution in [2.75, 3.05) is 5.01 Å². The Labute approximate surface area is 235 Å². The van der Waals surface area contributed by atoms with Crippen molar-refractivity contribution in [1.29, 1.82) is 0 Å². The highest BCUT2D eigenvalue weighted by molar-refractivity contribution is 5.74. The van der Waals surface area contributed by atoms with E-state index in [2.05, 4.69) is 66.4 Å². The number of benzene rings is 3. The Morgan fingerprint density at radius 2 is 1.80 bits per heavy atom. The van der Waals surface area contributed by atoms with Crippen molar-refractivity contribution in [3.63, 3.8) is 0 Å². The fraction of sp³-hybridized carbons (Fsp3) is 0.265. The van der Waals surface area contributed by atoms with Crippen LogP contribution >= 0.6 is 0 Å². The average Bonchev–Trinajstić information content (AvgIpc) is 3.58. The number of amides is 2. The first-order valence-electron chi connectivity index (χ1n) is 14.1. The predicted molar refractivity (Wildman–Crippen MR) is 157 cm³/mol. The third kappa shape index (κ3) is 5.26. The van der Waals surface area contributed by atoms with Crippen molar-refractivity contribution in [2.24, 2.45) is 11.8 Å². The standard InChI is InChI=1S/C34H35FN4O/c1-22-8-10-24(11-9-22)20-36-34(40)38-31(25-6-4-3-5-7-25)18-26-12-13-27-19-32-30(23(2)33(26)27)21-37-39(32)29-16-14-28(35)15-17-29/h3-11,14-17,19,21,23,26,31,37H,12-13,18,20H2,1-2H3,(H2,36,38,40)/t23-,26+,31?/m0/s1. The van der Waals surface area contributed by atoms with Crippen molar-refractivity contribution in [3.05, 3.63) is 136 Å². The Morgan fingerprint density at radius 1 is 1.05 bits per heavy atom.